The molecule has 10 heteroatoms. The summed E-state index contributed by atoms with van der Waals surface area (Å²) in [7, 11) is 1.50. The van der Waals surface area contributed by atoms with Gasteiger partial charge in [-0.3, -0.25) is 19.2 Å². The van der Waals surface area contributed by atoms with Gasteiger partial charge in [0.2, 0.25) is 17.6 Å². The van der Waals surface area contributed by atoms with Gasteiger partial charge < -0.3 is 26.2 Å². The summed E-state index contributed by atoms with van der Waals surface area (Å²) in [5.41, 5.74) is 0. The molecule has 1 saturated heterocycles. The van der Waals surface area contributed by atoms with Gasteiger partial charge in [0.05, 0.1) is 6.04 Å². The molecule has 2 rings (SSSR count). The number of ketones is 1. The molecule has 35 heavy (non-hydrogen) atoms. The zero-order valence-corrected chi connectivity index (χ0v) is 21.1. The second-order valence-corrected chi connectivity index (χ2v) is 9.36. The fraction of sp³-hybridized carbons (Fsp3) is 0.720. The van der Waals surface area contributed by atoms with E-state index in [1.165, 1.54) is 18.0 Å². The molecule has 1 aliphatic heterocycles. The Bertz CT molecular complexity index is 780. The number of likely N-dealkylation sites (tertiary alicyclic amines) is 1. The molecule has 0 aromatic heterocycles. The molecule has 4 N–H and O–H groups in total. The lowest BCUT2D eigenvalue weighted by Gasteiger charge is -2.34. The molecule has 0 aromatic rings. The fourth-order valence-electron chi connectivity index (χ4n) is 4.90. The molecule has 10 nitrogen and oxygen atoms in total. The Labute approximate surface area is 208 Å². The van der Waals surface area contributed by atoms with Gasteiger partial charge in [0, 0.05) is 20.1 Å². The summed E-state index contributed by atoms with van der Waals surface area (Å²) in [6.07, 6.45) is 9.20. The highest BCUT2D eigenvalue weighted by atomic mass is 16.2. The van der Waals surface area contributed by atoms with Crippen molar-refractivity contribution in [3.05, 3.63) is 12.7 Å². The minimum absolute atomic E-state index is 0.0188. The van der Waals surface area contributed by atoms with Crippen LogP contribution < -0.4 is 21.3 Å². The second-order valence-electron chi connectivity index (χ2n) is 9.36. The largest absolute Gasteiger partial charge is 0.346 e. The molecule has 3 unspecified atom stereocenters. The van der Waals surface area contributed by atoms with Crippen molar-refractivity contribution in [3.8, 4) is 0 Å². The van der Waals surface area contributed by atoms with Crippen LogP contribution in [0.25, 0.3) is 0 Å². The molecule has 196 valence electrons. The van der Waals surface area contributed by atoms with Gasteiger partial charge in [-0.05, 0) is 38.0 Å². The number of Topliss-reactive ketones (excluding diaryl/α,β-unsaturated/α-hetero) is 1. The van der Waals surface area contributed by atoms with Crippen molar-refractivity contribution in [1.82, 2.24) is 26.2 Å². The first-order valence-electron chi connectivity index (χ1n) is 12.9. The van der Waals surface area contributed by atoms with Crippen molar-refractivity contribution in [2.24, 2.45) is 5.92 Å². The molecule has 1 saturated carbocycles. The molecule has 3 atom stereocenters. The van der Waals surface area contributed by atoms with E-state index in [1.807, 2.05) is 6.92 Å². The number of amides is 5. The summed E-state index contributed by atoms with van der Waals surface area (Å²) < 4.78 is 0. The van der Waals surface area contributed by atoms with Gasteiger partial charge >= 0.3 is 6.03 Å². The summed E-state index contributed by atoms with van der Waals surface area (Å²) in [5.74, 6) is -2.16. The zero-order valence-electron chi connectivity index (χ0n) is 21.1. The number of nitrogens with one attached hydrogen (secondary N) is 4. The number of rotatable bonds is 12. The minimum Gasteiger partial charge on any atom is -0.346 e. The Hall–Kier alpha value is -2.91. The Morgan fingerprint density at radius 2 is 1.74 bits per heavy atom. The van der Waals surface area contributed by atoms with Crippen LogP contribution in [-0.4, -0.2) is 72.7 Å². The highest BCUT2D eigenvalue weighted by molar-refractivity contribution is 6.38. The molecule has 1 aliphatic carbocycles. The molecule has 1 heterocycles. The van der Waals surface area contributed by atoms with E-state index in [4.69, 9.17) is 0 Å². The van der Waals surface area contributed by atoms with Gasteiger partial charge in [0.15, 0.2) is 0 Å². The lowest BCUT2D eigenvalue weighted by atomic mass is 9.83. The number of unbranched alkanes of at least 4 members (excludes halogenated alkanes) is 1. The van der Waals surface area contributed by atoms with Gasteiger partial charge in [-0.15, -0.1) is 6.58 Å². The number of hydrogen-bond acceptors (Lipinski definition) is 5. The van der Waals surface area contributed by atoms with Gasteiger partial charge in [0.1, 0.15) is 12.1 Å². The second kappa shape index (κ2) is 14.5. The highest BCUT2D eigenvalue weighted by Gasteiger charge is 2.41. The quantitative estimate of drug-likeness (QED) is 0.242. The molecule has 5 amide bonds. The molecule has 2 aliphatic rings. The average molecular weight is 492 g/mol. The van der Waals surface area contributed by atoms with Crippen LogP contribution in [0.2, 0.25) is 0 Å². The van der Waals surface area contributed by atoms with Crippen LogP contribution in [0, 0.1) is 5.92 Å². The molecule has 0 bridgehead atoms. The van der Waals surface area contributed by atoms with Gasteiger partial charge in [0.25, 0.3) is 5.91 Å². The summed E-state index contributed by atoms with van der Waals surface area (Å²) in [4.78, 5) is 65.4. The summed E-state index contributed by atoms with van der Waals surface area (Å²) in [5, 5.41) is 10.5. The normalized spacial score (nSPS) is 19.8. The molecule has 0 spiro atoms. The summed E-state index contributed by atoms with van der Waals surface area (Å²) in [6.45, 7) is 6.04. The first-order chi connectivity index (χ1) is 16.8. The topological polar surface area (TPSA) is 137 Å². The Kier molecular flexibility index (Phi) is 11.7. The average Bonchev–Trinajstić information content (AvgIpc) is 3.37. The van der Waals surface area contributed by atoms with Crippen LogP contribution in [0.15, 0.2) is 12.7 Å². The SMILES string of the molecule is C=CCNC(=O)C(=O)C(CCCC)NC(=O)C1CCCN1C(=O)C(NC(=O)NC)C1CCCCC1. The summed E-state index contributed by atoms with van der Waals surface area (Å²) in [6, 6.07) is -2.83. The van der Waals surface area contributed by atoms with Crippen LogP contribution in [-0.2, 0) is 19.2 Å². The van der Waals surface area contributed by atoms with Gasteiger partial charge in [-0.25, -0.2) is 4.79 Å². The minimum atomic E-state index is -0.956. The Balaban J connectivity index is 2.14. The van der Waals surface area contributed by atoms with Crippen LogP contribution in [0.3, 0.4) is 0 Å². The number of carbonyl (C=O) groups is 5. The van der Waals surface area contributed by atoms with Gasteiger partial charge in [-0.2, -0.15) is 0 Å². The standard InChI is InChI=1S/C25H41N5O5/c1-4-6-13-18(21(31)23(33)27-15-5-2)28-22(32)19-14-10-16-30(19)24(34)20(29-25(35)26-3)17-11-8-7-9-12-17/h5,17-20H,2,4,6-16H2,1,3H3,(H,27,33)(H,28,32)(H2,26,29,35). The third kappa shape index (κ3) is 8.07. The van der Waals surface area contributed by atoms with Crippen LogP contribution in [0.1, 0.15) is 71.1 Å². The zero-order chi connectivity index (χ0) is 25.8. The van der Waals surface area contributed by atoms with Crippen LogP contribution in [0.4, 0.5) is 4.79 Å². The van der Waals surface area contributed by atoms with E-state index >= 15 is 0 Å². The highest BCUT2D eigenvalue weighted by Crippen LogP contribution is 2.29. The van der Waals surface area contributed by atoms with Crippen LogP contribution in [0.5, 0.6) is 0 Å². The Morgan fingerprint density at radius 3 is 2.37 bits per heavy atom. The predicted molar refractivity (Wildman–Crippen MR) is 132 cm³/mol. The lowest BCUT2D eigenvalue weighted by molar-refractivity contribution is -0.143. The first-order valence-corrected chi connectivity index (χ1v) is 12.9. The third-order valence-corrected chi connectivity index (χ3v) is 6.85. The number of urea groups is 1. The van der Waals surface area contributed by atoms with Crippen molar-refractivity contribution in [1.29, 1.82) is 0 Å². The maximum atomic E-state index is 13.6. The van der Waals surface area contributed by atoms with E-state index in [-0.39, 0.29) is 18.4 Å². The van der Waals surface area contributed by atoms with Crippen molar-refractivity contribution in [2.45, 2.75) is 89.3 Å². The first kappa shape index (κ1) is 28.3. The maximum absolute atomic E-state index is 13.6. The third-order valence-electron chi connectivity index (χ3n) is 6.85. The van der Waals surface area contributed by atoms with E-state index in [0.29, 0.717) is 32.2 Å². The van der Waals surface area contributed by atoms with Crippen molar-refractivity contribution >= 4 is 29.5 Å². The Morgan fingerprint density at radius 1 is 1.03 bits per heavy atom. The number of carbonyl (C=O) groups excluding carboxylic acids is 5. The predicted octanol–water partition coefficient (Wildman–Crippen LogP) is 1.40. The smallest absolute Gasteiger partial charge is 0.315 e. The van der Waals surface area contributed by atoms with Crippen molar-refractivity contribution in [2.75, 3.05) is 20.1 Å². The van der Waals surface area contributed by atoms with E-state index in [9.17, 15) is 24.0 Å². The monoisotopic (exact) mass is 491 g/mol. The number of nitrogens with zero attached hydrogens (tertiary/aromatic N) is 1. The van der Waals surface area contributed by atoms with Crippen molar-refractivity contribution < 1.29 is 24.0 Å². The summed E-state index contributed by atoms with van der Waals surface area (Å²) >= 11 is 0. The van der Waals surface area contributed by atoms with E-state index in [2.05, 4.69) is 27.8 Å². The lowest BCUT2D eigenvalue weighted by Crippen LogP contribution is -2.58. The number of hydrogen-bond donors (Lipinski definition) is 4. The van der Waals surface area contributed by atoms with E-state index < -0.39 is 41.8 Å². The maximum Gasteiger partial charge on any atom is 0.315 e. The van der Waals surface area contributed by atoms with E-state index in [0.717, 1.165) is 38.5 Å². The van der Waals surface area contributed by atoms with Crippen molar-refractivity contribution in [3.63, 3.8) is 0 Å². The fourth-order valence-corrected chi connectivity index (χ4v) is 4.90. The molecular weight excluding hydrogens is 450 g/mol. The molecule has 2 fully saturated rings. The molecule has 0 radical (unpaired) electrons. The van der Waals surface area contributed by atoms with Crippen LogP contribution >= 0.6 is 0 Å². The molecule has 0 aromatic carbocycles. The van der Waals surface area contributed by atoms with E-state index in [1.54, 1.807) is 0 Å². The van der Waals surface area contributed by atoms with Gasteiger partial charge in [-0.1, -0.05) is 45.1 Å². The molecular formula is C25H41N5O5.